The number of hydrogen-bond acceptors (Lipinski definition) is 8. The van der Waals surface area contributed by atoms with Crippen LogP contribution >= 0.6 is 0 Å². The van der Waals surface area contributed by atoms with Crippen LogP contribution in [0.3, 0.4) is 0 Å². The molecule has 9 nitrogen and oxygen atoms in total. The van der Waals surface area contributed by atoms with Gasteiger partial charge in [-0.25, -0.2) is 0 Å². The predicted octanol–water partition coefficient (Wildman–Crippen LogP) is 5.42. The smallest absolute Gasteiger partial charge is 0.295 e. The van der Waals surface area contributed by atoms with E-state index in [9.17, 15) is 9.18 Å². The van der Waals surface area contributed by atoms with Gasteiger partial charge in [0.05, 0.1) is 25.3 Å². The van der Waals surface area contributed by atoms with E-state index in [1.165, 1.54) is 0 Å². The average Bonchev–Trinajstić information content (AvgIpc) is 3.37. The maximum Gasteiger partial charge on any atom is 0.295 e. The first-order valence-corrected chi connectivity index (χ1v) is 13.7. The lowest BCUT2D eigenvalue weighted by atomic mass is 10.0. The number of halogens is 1. The van der Waals surface area contributed by atoms with Gasteiger partial charge in [0.25, 0.3) is 6.01 Å². The Morgan fingerprint density at radius 2 is 1.82 bits per heavy atom. The van der Waals surface area contributed by atoms with E-state index < -0.39 is 5.82 Å². The van der Waals surface area contributed by atoms with Gasteiger partial charge in [0.2, 0.25) is 11.7 Å². The maximum atomic E-state index is 14.6. The number of nitrogens with zero attached hydrogens (tertiary/aromatic N) is 3. The summed E-state index contributed by atoms with van der Waals surface area (Å²) in [6.45, 7) is 6.84. The number of amides is 1. The molecule has 0 aliphatic carbocycles. The lowest BCUT2D eigenvalue weighted by Gasteiger charge is -2.32. The highest BCUT2D eigenvalue weighted by atomic mass is 19.1. The second kappa shape index (κ2) is 12.8. The number of likely N-dealkylation sites (tertiary alicyclic amines) is 1. The molecule has 1 saturated heterocycles. The zero-order valence-corrected chi connectivity index (χ0v) is 22.8. The Kier molecular flexibility index (Phi) is 8.75. The minimum absolute atomic E-state index is 0.151. The molecular weight excluding hydrogens is 513 g/mol. The number of anilines is 2. The van der Waals surface area contributed by atoms with E-state index >= 15 is 0 Å². The summed E-state index contributed by atoms with van der Waals surface area (Å²) in [6.07, 6.45) is 5.37. The number of nitrogens with one attached hydrogen (secondary N) is 2. The zero-order chi connectivity index (χ0) is 27.9. The Labute approximate surface area is 232 Å². The lowest BCUT2D eigenvalue weighted by Crippen LogP contribution is -2.38. The molecule has 0 unspecified atom stereocenters. The number of carbonyl (C=O) groups is 1. The third-order valence-electron chi connectivity index (χ3n) is 6.76. The second-order valence-corrected chi connectivity index (χ2v) is 9.73. The van der Waals surface area contributed by atoms with Crippen molar-refractivity contribution in [3.63, 3.8) is 0 Å². The Morgan fingerprint density at radius 3 is 2.50 bits per heavy atom. The maximum absolute atomic E-state index is 14.6. The number of pyridine rings is 1. The predicted molar refractivity (Wildman–Crippen MR) is 151 cm³/mol. The summed E-state index contributed by atoms with van der Waals surface area (Å²) in [5.74, 6) is -0.154. The number of para-hydroxylation sites is 1. The molecule has 2 aromatic heterocycles. The van der Waals surface area contributed by atoms with Gasteiger partial charge in [-0.05, 0) is 68.1 Å². The SMILES string of the molecule is CCOc1cc(CN2CCC(Nc3nc4cccc(NC(=O)Cc5cccnc5)c4o3)CC2)cc(OCC)c1F. The Balaban J connectivity index is 1.18. The normalized spacial score (nSPS) is 14.3. The van der Waals surface area contributed by atoms with E-state index in [2.05, 4.69) is 25.5 Å². The van der Waals surface area contributed by atoms with Crippen molar-refractivity contribution in [3.05, 3.63) is 71.8 Å². The van der Waals surface area contributed by atoms with E-state index in [1.807, 2.05) is 38.1 Å². The van der Waals surface area contributed by atoms with E-state index in [0.717, 1.165) is 37.1 Å². The fourth-order valence-corrected chi connectivity index (χ4v) is 4.90. The molecule has 0 saturated carbocycles. The number of ether oxygens (including phenoxy) is 2. The Bertz CT molecular complexity index is 1410. The van der Waals surface area contributed by atoms with Crippen LogP contribution < -0.4 is 20.1 Å². The molecule has 4 aromatic rings. The summed E-state index contributed by atoms with van der Waals surface area (Å²) in [4.78, 5) is 23.6. The highest BCUT2D eigenvalue weighted by Crippen LogP contribution is 2.31. The summed E-state index contributed by atoms with van der Waals surface area (Å²) in [7, 11) is 0. The van der Waals surface area contributed by atoms with Crippen molar-refractivity contribution in [2.75, 3.05) is 36.9 Å². The van der Waals surface area contributed by atoms with Gasteiger partial charge in [-0.1, -0.05) is 12.1 Å². The largest absolute Gasteiger partial charge is 0.491 e. The third kappa shape index (κ3) is 6.69. The van der Waals surface area contributed by atoms with Crippen LogP contribution in [-0.4, -0.2) is 53.1 Å². The van der Waals surface area contributed by atoms with Gasteiger partial charge >= 0.3 is 0 Å². The van der Waals surface area contributed by atoms with Crippen molar-refractivity contribution in [2.24, 2.45) is 0 Å². The summed E-state index contributed by atoms with van der Waals surface area (Å²) in [6, 6.07) is 13.3. The number of rotatable bonds is 11. The molecule has 1 amide bonds. The Morgan fingerprint density at radius 1 is 1.07 bits per heavy atom. The van der Waals surface area contributed by atoms with Gasteiger partial charge in [0.1, 0.15) is 5.52 Å². The van der Waals surface area contributed by atoms with Crippen molar-refractivity contribution in [2.45, 2.75) is 45.7 Å². The lowest BCUT2D eigenvalue weighted by molar-refractivity contribution is -0.115. The summed E-state index contributed by atoms with van der Waals surface area (Å²) in [5, 5.41) is 6.35. The van der Waals surface area contributed by atoms with E-state index in [4.69, 9.17) is 13.9 Å². The molecular formula is C30H34FN5O4. The van der Waals surface area contributed by atoms with Crippen LogP contribution in [0.25, 0.3) is 11.1 Å². The minimum Gasteiger partial charge on any atom is -0.491 e. The van der Waals surface area contributed by atoms with Gasteiger partial charge in [-0.15, -0.1) is 0 Å². The van der Waals surface area contributed by atoms with Gasteiger partial charge < -0.3 is 24.5 Å². The quantitative estimate of drug-likeness (QED) is 0.257. The number of benzene rings is 2. The number of oxazole rings is 1. The van der Waals surface area contributed by atoms with E-state index in [1.54, 1.807) is 30.6 Å². The van der Waals surface area contributed by atoms with Crippen molar-refractivity contribution in [1.82, 2.24) is 14.9 Å². The van der Waals surface area contributed by atoms with Gasteiger partial charge in [-0.2, -0.15) is 9.37 Å². The zero-order valence-electron chi connectivity index (χ0n) is 22.8. The van der Waals surface area contributed by atoms with Crippen LogP contribution in [0.5, 0.6) is 11.5 Å². The van der Waals surface area contributed by atoms with Gasteiger partial charge in [0, 0.05) is 38.1 Å². The van der Waals surface area contributed by atoms with Crippen LogP contribution in [0.4, 0.5) is 16.1 Å². The summed E-state index contributed by atoms with van der Waals surface area (Å²) < 4.78 is 31.6. The second-order valence-electron chi connectivity index (χ2n) is 9.73. The minimum atomic E-state index is -0.454. The van der Waals surface area contributed by atoms with E-state index in [-0.39, 0.29) is 29.9 Å². The molecule has 40 heavy (non-hydrogen) atoms. The molecule has 210 valence electrons. The monoisotopic (exact) mass is 547 g/mol. The van der Waals surface area contributed by atoms with Crippen molar-refractivity contribution in [3.8, 4) is 11.5 Å². The molecule has 0 radical (unpaired) electrons. The molecule has 3 heterocycles. The molecule has 1 aliphatic rings. The van der Waals surface area contributed by atoms with Crippen LogP contribution in [0.15, 0.2) is 59.3 Å². The van der Waals surface area contributed by atoms with Crippen molar-refractivity contribution >= 4 is 28.7 Å². The standard InChI is InChI=1S/C30H34FN5O4/c1-3-38-25-15-21(16-26(28(25)31)39-4-2)19-36-13-10-22(11-14-36)33-30-35-24-9-5-8-23(29(24)40-30)34-27(37)17-20-7-6-12-32-18-20/h5-9,12,15-16,18,22H,3-4,10-11,13-14,17,19H2,1-2H3,(H,33,35)(H,34,37). The molecule has 2 N–H and O–H groups in total. The fraction of sp³-hybridized carbons (Fsp3) is 0.367. The number of hydrogen-bond donors (Lipinski definition) is 2. The highest BCUT2D eigenvalue weighted by Gasteiger charge is 2.23. The van der Waals surface area contributed by atoms with E-state index in [0.29, 0.717) is 42.6 Å². The summed E-state index contributed by atoms with van der Waals surface area (Å²) >= 11 is 0. The average molecular weight is 548 g/mol. The van der Waals surface area contributed by atoms with Crippen LogP contribution in [0.2, 0.25) is 0 Å². The number of fused-ring (bicyclic) bond motifs is 1. The number of aromatic nitrogens is 2. The number of carbonyl (C=O) groups excluding carboxylic acids is 1. The van der Waals surface area contributed by atoms with Gasteiger partial charge in [-0.3, -0.25) is 14.7 Å². The Hall–Kier alpha value is -4.18. The molecule has 0 spiro atoms. The molecule has 5 rings (SSSR count). The third-order valence-corrected chi connectivity index (χ3v) is 6.76. The molecule has 0 atom stereocenters. The fourth-order valence-electron chi connectivity index (χ4n) is 4.90. The van der Waals surface area contributed by atoms with Crippen LogP contribution in [-0.2, 0) is 17.8 Å². The molecule has 10 heteroatoms. The first kappa shape index (κ1) is 27.4. The first-order chi connectivity index (χ1) is 19.5. The molecule has 2 aromatic carbocycles. The summed E-state index contributed by atoms with van der Waals surface area (Å²) in [5.41, 5.74) is 3.58. The molecule has 1 aliphatic heterocycles. The van der Waals surface area contributed by atoms with Gasteiger partial charge in [0.15, 0.2) is 17.1 Å². The number of piperidine rings is 1. The van der Waals surface area contributed by atoms with Crippen LogP contribution in [0.1, 0.15) is 37.8 Å². The topological polar surface area (TPSA) is 102 Å². The highest BCUT2D eigenvalue weighted by molar-refractivity contribution is 5.99. The van der Waals surface area contributed by atoms with Crippen LogP contribution in [0, 0.1) is 5.82 Å². The molecule has 1 fully saturated rings. The van der Waals surface area contributed by atoms with Crippen molar-refractivity contribution in [1.29, 1.82) is 0 Å². The first-order valence-electron chi connectivity index (χ1n) is 13.7. The van der Waals surface area contributed by atoms with Crippen molar-refractivity contribution < 1.29 is 23.1 Å². The molecule has 0 bridgehead atoms.